The van der Waals surface area contributed by atoms with Gasteiger partial charge in [0.25, 0.3) is 0 Å². The number of anilines is 1. The highest BCUT2D eigenvalue weighted by molar-refractivity contribution is 7.09. The van der Waals surface area contributed by atoms with Crippen LogP contribution in [-0.2, 0) is 12.7 Å². The minimum atomic E-state index is -4.55. The molecular formula is C16H11ClF3N3S. The summed E-state index contributed by atoms with van der Waals surface area (Å²) in [5.41, 5.74) is -0.273. The monoisotopic (exact) mass is 369 g/mol. The van der Waals surface area contributed by atoms with Crippen molar-refractivity contribution in [2.24, 2.45) is 0 Å². The first-order valence-corrected chi connectivity index (χ1v) is 8.16. The van der Waals surface area contributed by atoms with E-state index in [1.165, 1.54) is 11.3 Å². The standard InChI is InChI=1S/C16H11ClF3N3S/c17-11-5-3-10(4-6-11)13-8-14(16(18,19)20)23-15(22-13)21-9-12-2-1-7-24-12/h1-8H,9H2,(H,21,22,23). The largest absolute Gasteiger partial charge is 0.433 e. The summed E-state index contributed by atoms with van der Waals surface area (Å²) >= 11 is 7.32. The van der Waals surface area contributed by atoms with Crippen molar-refractivity contribution < 1.29 is 13.2 Å². The zero-order chi connectivity index (χ0) is 17.2. The van der Waals surface area contributed by atoms with Gasteiger partial charge in [0.2, 0.25) is 5.95 Å². The van der Waals surface area contributed by atoms with Gasteiger partial charge in [-0.3, -0.25) is 0 Å². The molecule has 0 saturated carbocycles. The third-order valence-corrected chi connectivity index (χ3v) is 4.29. The second-order valence-corrected chi connectivity index (χ2v) is 6.37. The number of hydrogen-bond donors (Lipinski definition) is 1. The number of halogens is 4. The lowest BCUT2D eigenvalue weighted by atomic mass is 10.1. The van der Waals surface area contributed by atoms with E-state index in [4.69, 9.17) is 11.6 Å². The Balaban J connectivity index is 1.95. The van der Waals surface area contributed by atoms with Gasteiger partial charge >= 0.3 is 6.18 Å². The Kier molecular flexibility index (Phi) is 4.73. The van der Waals surface area contributed by atoms with Crippen LogP contribution in [-0.4, -0.2) is 9.97 Å². The Bertz CT molecular complexity index is 818. The maximum Gasteiger partial charge on any atom is 0.433 e. The first-order valence-electron chi connectivity index (χ1n) is 6.90. The Hall–Kier alpha value is -2.12. The van der Waals surface area contributed by atoms with E-state index in [-0.39, 0.29) is 11.6 Å². The van der Waals surface area contributed by atoms with Crippen LogP contribution in [0.4, 0.5) is 19.1 Å². The average molecular weight is 370 g/mol. The summed E-state index contributed by atoms with van der Waals surface area (Å²) in [4.78, 5) is 8.74. The third kappa shape index (κ3) is 4.04. The smallest absolute Gasteiger partial charge is 0.349 e. The first-order chi connectivity index (χ1) is 11.4. The molecule has 2 heterocycles. The van der Waals surface area contributed by atoms with Crippen molar-refractivity contribution in [2.75, 3.05) is 5.32 Å². The van der Waals surface area contributed by atoms with Gasteiger partial charge in [-0.25, -0.2) is 9.97 Å². The minimum Gasteiger partial charge on any atom is -0.349 e. The lowest BCUT2D eigenvalue weighted by Gasteiger charge is -2.11. The van der Waals surface area contributed by atoms with E-state index in [0.29, 0.717) is 17.1 Å². The molecule has 24 heavy (non-hydrogen) atoms. The van der Waals surface area contributed by atoms with Gasteiger partial charge in [-0.2, -0.15) is 13.2 Å². The molecule has 3 aromatic rings. The maximum atomic E-state index is 13.1. The molecular weight excluding hydrogens is 359 g/mol. The molecule has 124 valence electrons. The second-order valence-electron chi connectivity index (χ2n) is 4.90. The second kappa shape index (κ2) is 6.78. The van der Waals surface area contributed by atoms with Crippen molar-refractivity contribution in [1.82, 2.24) is 9.97 Å². The highest BCUT2D eigenvalue weighted by Crippen LogP contribution is 2.31. The molecule has 0 bridgehead atoms. The topological polar surface area (TPSA) is 37.8 Å². The van der Waals surface area contributed by atoms with Crippen LogP contribution in [0.25, 0.3) is 11.3 Å². The van der Waals surface area contributed by atoms with Gasteiger partial charge in [-0.05, 0) is 29.6 Å². The van der Waals surface area contributed by atoms with Crippen LogP contribution in [0.1, 0.15) is 10.6 Å². The normalized spacial score (nSPS) is 11.5. The molecule has 1 aromatic carbocycles. The van der Waals surface area contributed by atoms with Crippen molar-refractivity contribution in [3.63, 3.8) is 0 Å². The maximum absolute atomic E-state index is 13.1. The zero-order valence-corrected chi connectivity index (χ0v) is 13.7. The predicted octanol–water partition coefficient (Wildman–Crippen LogP) is 5.49. The van der Waals surface area contributed by atoms with E-state index in [2.05, 4.69) is 15.3 Å². The number of rotatable bonds is 4. The molecule has 3 nitrogen and oxygen atoms in total. The highest BCUT2D eigenvalue weighted by atomic mass is 35.5. The van der Waals surface area contributed by atoms with Crippen LogP contribution in [0.3, 0.4) is 0 Å². The number of aromatic nitrogens is 2. The molecule has 0 aliphatic rings. The molecule has 8 heteroatoms. The molecule has 0 amide bonds. The highest BCUT2D eigenvalue weighted by Gasteiger charge is 2.33. The fraction of sp³-hybridized carbons (Fsp3) is 0.125. The van der Waals surface area contributed by atoms with Crippen LogP contribution in [0.2, 0.25) is 5.02 Å². The van der Waals surface area contributed by atoms with Gasteiger partial charge in [0.15, 0.2) is 5.69 Å². The van der Waals surface area contributed by atoms with Crippen LogP contribution in [0, 0.1) is 0 Å². The summed E-state index contributed by atoms with van der Waals surface area (Å²) in [7, 11) is 0. The van der Waals surface area contributed by atoms with Gasteiger partial charge in [0, 0.05) is 15.5 Å². The van der Waals surface area contributed by atoms with E-state index < -0.39 is 11.9 Å². The van der Waals surface area contributed by atoms with Gasteiger partial charge in [-0.15, -0.1) is 11.3 Å². The summed E-state index contributed by atoms with van der Waals surface area (Å²) in [6, 6.07) is 11.1. The van der Waals surface area contributed by atoms with Gasteiger partial charge < -0.3 is 5.32 Å². The average Bonchev–Trinajstić information content (AvgIpc) is 3.06. The summed E-state index contributed by atoms with van der Waals surface area (Å²) in [6.45, 7) is 0.360. The summed E-state index contributed by atoms with van der Waals surface area (Å²) in [5.74, 6) is -0.0665. The van der Waals surface area contributed by atoms with E-state index in [0.717, 1.165) is 10.9 Å². The molecule has 0 aliphatic heterocycles. The van der Waals surface area contributed by atoms with Crippen molar-refractivity contribution >= 4 is 28.9 Å². The summed E-state index contributed by atoms with van der Waals surface area (Å²) in [5, 5.41) is 5.24. The van der Waals surface area contributed by atoms with Gasteiger partial charge in [0.1, 0.15) is 0 Å². The molecule has 1 N–H and O–H groups in total. The lowest BCUT2D eigenvalue weighted by Crippen LogP contribution is -2.12. The number of hydrogen-bond acceptors (Lipinski definition) is 4. The minimum absolute atomic E-state index is 0.0665. The van der Waals surface area contributed by atoms with Crippen molar-refractivity contribution in [1.29, 1.82) is 0 Å². The number of thiophene rings is 1. The molecule has 3 rings (SSSR count). The van der Waals surface area contributed by atoms with Crippen LogP contribution < -0.4 is 5.32 Å². The van der Waals surface area contributed by atoms with Crippen molar-refractivity contribution in [3.05, 3.63) is 63.4 Å². The molecule has 0 aliphatic carbocycles. The Morgan fingerprint density at radius 2 is 1.83 bits per heavy atom. The van der Waals surface area contributed by atoms with Crippen LogP contribution in [0.5, 0.6) is 0 Å². The first kappa shape index (κ1) is 16.7. The number of benzene rings is 1. The van der Waals surface area contributed by atoms with E-state index in [9.17, 15) is 13.2 Å². The fourth-order valence-corrected chi connectivity index (χ4v) is 2.79. The molecule has 0 radical (unpaired) electrons. The third-order valence-electron chi connectivity index (χ3n) is 3.16. The molecule has 0 atom stereocenters. The number of alkyl halides is 3. The SMILES string of the molecule is FC(F)(F)c1cc(-c2ccc(Cl)cc2)nc(NCc2cccs2)n1. The fourth-order valence-electron chi connectivity index (χ4n) is 2.02. The molecule has 0 saturated heterocycles. The van der Waals surface area contributed by atoms with E-state index in [1.54, 1.807) is 24.3 Å². The molecule has 0 fully saturated rings. The van der Waals surface area contributed by atoms with Crippen molar-refractivity contribution in [2.45, 2.75) is 12.7 Å². The predicted molar refractivity (Wildman–Crippen MR) is 89.1 cm³/mol. The Morgan fingerprint density at radius 1 is 1.08 bits per heavy atom. The Morgan fingerprint density at radius 3 is 2.46 bits per heavy atom. The van der Waals surface area contributed by atoms with E-state index in [1.807, 2.05) is 17.5 Å². The molecule has 2 aromatic heterocycles. The summed E-state index contributed by atoms with van der Waals surface area (Å²) in [6.07, 6.45) is -4.55. The zero-order valence-electron chi connectivity index (χ0n) is 12.1. The van der Waals surface area contributed by atoms with E-state index >= 15 is 0 Å². The molecule has 0 spiro atoms. The van der Waals surface area contributed by atoms with Crippen molar-refractivity contribution in [3.8, 4) is 11.3 Å². The van der Waals surface area contributed by atoms with Crippen LogP contribution in [0.15, 0.2) is 47.8 Å². The summed E-state index contributed by atoms with van der Waals surface area (Å²) < 4.78 is 39.3. The Labute approximate surface area is 145 Å². The lowest BCUT2D eigenvalue weighted by molar-refractivity contribution is -0.141. The van der Waals surface area contributed by atoms with Crippen LogP contribution >= 0.6 is 22.9 Å². The quantitative estimate of drug-likeness (QED) is 0.660. The van der Waals surface area contributed by atoms with Gasteiger partial charge in [0.05, 0.1) is 12.2 Å². The molecule has 0 unspecified atom stereocenters. The van der Waals surface area contributed by atoms with Gasteiger partial charge in [-0.1, -0.05) is 29.8 Å². The number of nitrogens with zero attached hydrogens (tertiary/aromatic N) is 2. The number of nitrogens with one attached hydrogen (secondary N) is 1.